The highest BCUT2D eigenvalue weighted by Crippen LogP contribution is 2.27. The molecule has 2 aromatic heterocycles. The van der Waals surface area contributed by atoms with Crippen LogP contribution >= 0.6 is 0 Å². The van der Waals surface area contributed by atoms with Gasteiger partial charge in [0.25, 0.3) is 5.91 Å². The fourth-order valence-corrected chi connectivity index (χ4v) is 4.16. The number of para-hydroxylation sites is 1. The summed E-state index contributed by atoms with van der Waals surface area (Å²) in [5, 5.41) is 4.93. The van der Waals surface area contributed by atoms with Gasteiger partial charge in [0, 0.05) is 37.4 Å². The molecule has 1 aromatic carbocycles. The molecule has 0 saturated carbocycles. The molecular formula is C23H25N5O4. The van der Waals surface area contributed by atoms with Crippen molar-refractivity contribution in [2.24, 2.45) is 0 Å². The summed E-state index contributed by atoms with van der Waals surface area (Å²) in [6, 6.07) is 11.3. The lowest BCUT2D eigenvalue weighted by molar-refractivity contribution is -0.140. The third kappa shape index (κ3) is 4.21. The number of hydrogen-bond donors (Lipinski definition) is 0. The molecular weight excluding hydrogens is 410 g/mol. The normalized spacial score (nSPS) is 19.3. The third-order valence-corrected chi connectivity index (χ3v) is 5.87. The maximum Gasteiger partial charge on any atom is 0.254 e. The van der Waals surface area contributed by atoms with Crippen LogP contribution in [-0.4, -0.2) is 82.4 Å². The topological polar surface area (TPSA) is 89.8 Å². The smallest absolute Gasteiger partial charge is 0.254 e. The van der Waals surface area contributed by atoms with Crippen LogP contribution in [0.3, 0.4) is 0 Å². The van der Waals surface area contributed by atoms with Crippen molar-refractivity contribution in [3.05, 3.63) is 60.0 Å². The highest BCUT2D eigenvalue weighted by atomic mass is 16.5. The van der Waals surface area contributed by atoms with Crippen LogP contribution in [0.15, 0.2) is 48.8 Å². The van der Waals surface area contributed by atoms with Crippen molar-refractivity contribution < 1.29 is 19.1 Å². The summed E-state index contributed by atoms with van der Waals surface area (Å²) in [6.07, 6.45) is 3.03. The Hall–Kier alpha value is -3.30. The molecule has 9 nitrogen and oxygen atoms in total. The number of carbonyl (C=O) groups is 2. The van der Waals surface area contributed by atoms with Gasteiger partial charge in [-0.15, -0.1) is 0 Å². The number of rotatable bonds is 4. The lowest BCUT2D eigenvalue weighted by atomic mass is 10.0. The summed E-state index contributed by atoms with van der Waals surface area (Å²) in [5.41, 5.74) is 2.01. The molecule has 1 unspecified atom stereocenters. The number of carbonyl (C=O) groups excluding carboxylic acids is 2. The van der Waals surface area contributed by atoms with E-state index in [1.807, 2.05) is 35.2 Å². The molecule has 4 heterocycles. The zero-order chi connectivity index (χ0) is 21.9. The molecule has 2 amide bonds. The minimum Gasteiger partial charge on any atom is -0.378 e. The van der Waals surface area contributed by atoms with Crippen LogP contribution in [-0.2, 0) is 20.8 Å². The van der Waals surface area contributed by atoms with Crippen LogP contribution in [0.1, 0.15) is 22.2 Å². The monoisotopic (exact) mass is 435 g/mol. The summed E-state index contributed by atoms with van der Waals surface area (Å²) < 4.78 is 13.0. The number of nitrogens with zero attached hydrogens (tertiary/aromatic N) is 5. The standard InChI is InChI=1S/C23H25N5O4/c29-22(16-28-7-3-6-24-28)27-10-13-32-21(15-27)20-14-18(17-4-1-2-5-19(17)25-20)23(30)26-8-11-31-12-9-26/h1-7,14,21H,8-13,15-16H2. The Kier molecular flexibility index (Phi) is 5.83. The highest BCUT2D eigenvalue weighted by molar-refractivity contribution is 6.06. The fourth-order valence-electron chi connectivity index (χ4n) is 4.16. The van der Waals surface area contributed by atoms with Crippen LogP contribution < -0.4 is 0 Å². The van der Waals surface area contributed by atoms with E-state index in [4.69, 9.17) is 14.5 Å². The van der Waals surface area contributed by atoms with Gasteiger partial charge in [-0.25, -0.2) is 4.98 Å². The first-order valence-corrected chi connectivity index (χ1v) is 10.8. The zero-order valence-corrected chi connectivity index (χ0v) is 17.7. The number of ether oxygens (including phenoxy) is 2. The predicted octanol–water partition coefficient (Wildman–Crippen LogP) is 1.50. The molecule has 3 aromatic rings. The van der Waals surface area contributed by atoms with Gasteiger partial charge in [-0.05, 0) is 18.2 Å². The van der Waals surface area contributed by atoms with Gasteiger partial charge in [0.1, 0.15) is 12.6 Å². The van der Waals surface area contributed by atoms with E-state index >= 15 is 0 Å². The van der Waals surface area contributed by atoms with E-state index in [9.17, 15) is 9.59 Å². The first-order valence-electron chi connectivity index (χ1n) is 10.8. The summed E-state index contributed by atoms with van der Waals surface area (Å²) >= 11 is 0. The molecule has 2 saturated heterocycles. The average molecular weight is 435 g/mol. The Balaban J connectivity index is 1.42. The molecule has 5 rings (SSSR count). The van der Waals surface area contributed by atoms with E-state index in [-0.39, 0.29) is 18.4 Å². The van der Waals surface area contributed by atoms with Gasteiger partial charge in [-0.1, -0.05) is 18.2 Å². The molecule has 0 spiro atoms. The van der Waals surface area contributed by atoms with Crippen LogP contribution in [0.4, 0.5) is 0 Å². The summed E-state index contributed by atoms with van der Waals surface area (Å²) in [6.45, 7) is 3.73. The Morgan fingerprint density at radius 2 is 1.84 bits per heavy atom. The van der Waals surface area contributed by atoms with Crippen molar-refractivity contribution in [3.8, 4) is 0 Å². The van der Waals surface area contributed by atoms with Gasteiger partial charge in [0.2, 0.25) is 5.91 Å². The maximum atomic E-state index is 13.3. The van der Waals surface area contributed by atoms with Crippen LogP contribution in [0.25, 0.3) is 10.9 Å². The van der Waals surface area contributed by atoms with Crippen molar-refractivity contribution in [1.82, 2.24) is 24.6 Å². The Bertz CT molecular complexity index is 1110. The lowest BCUT2D eigenvalue weighted by Crippen LogP contribution is -2.44. The first-order chi connectivity index (χ1) is 15.7. The predicted molar refractivity (Wildman–Crippen MR) is 116 cm³/mol. The molecule has 0 bridgehead atoms. The summed E-state index contributed by atoms with van der Waals surface area (Å²) in [5.74, 6) is -0.0528. The largest absolute Gasteiger partial charge is 0.378 e. The number of amides is 2. The molecule has 0 N–H and O–H groups in total. The van der Waals surface area contributed by atoms with E-state index in [0.29, 0.717) is 57.3 Å². The van der Waals surface area contributed by atoms with Gasteiger partial charge in [-0.3, -0.25) is 14.3 Å². The Labute approximate surface area is 185 Å². The molecule has 2 aliphatic heterocycles. The quantitative estimate of drug-likeness (QED) is 0.617. The Morgan fingerprint density at radius 3 is 2.66 bits per heavy atom. The van der Waals surface area contributed by atoms with Gasteiger partial charge < -0.3 is 19.3 Å². The van der Waals surface area contributed by atoms with Crippen LogP contribution in [0, 0.1) is 0 Å². The molecule has 1 atom stereocenters. The molecule has 2 fully saturated rings. The van der Waals surface area contributed by atoms with Crippen molar-refractivity contribution in [1.29, 1.82) is 0 Å². The second-order valence-electron chi connectivity index (χ2n) is 7.92. The van der Waals surface area contributed by atoms with Gasteiger partial charge in [-0.2, -0.15) is 5.10 Å². The number of benzene rings is 1. The van der Waals surface area contributed by atoms with Crippen molar-refractivity contribution in [2.75, 3.05) is 46.0 Å². The van der Waals surface area contributed by atoms with E-state index in [1.165, 1.54) is 0 Å². The average Bonchev–Trinajstić information content (AvgIpc) is 3.36. The Morgan fingerprint density at radius 1 is 1.03 bits per heavy atom. The van der Waals surface area contributed by atoms with Gasteiger partial charge in [0.05, 0.1) is 43.1 Å². The molecule has 0 aliphatic carbocycles. The summed E-state index contributed by atoms with van der Waals surface area (Å²) in [4.78, 5) is 34.5. The lowest BCUT2D eigenvalue weighted by Gasteiger charge is -2.33. The zero-order valence-electron chi connectivity index (χ0n) is 17.7. The van der Waals surface area contributed by atoms with Crippen LogP contribution in [0.2, 0.25) is 0 Å². The third-order valence-electron chi connectivity index (χ3n) is 5.87. The minimum absolute atomic E-state index is 0.0209. The van der Waals surface area contributed by atoms with E-state index < -0.39 is 6.10 Å². The van der Waals surface area contributed by atoms with Crippen molar-refractivity contribution >= 4 is 22.7 Å². The SMILES string of the molecule is O=C(Cn1cccn1)N1CCOC(c2cc(C(=O)N3CCOCC3)c3ccccc3n2)C1. The second-order valence-corrected chi connectivity index (χ2v) is 7.92. The number of hydrogen-bond acceptors (Lipinski definition) is 6. The number of morpholine rings is 2. The highest BCUT2D eigenvalue weighted by Gasteiger charge is 2.29. The second kappa shape index (κ2) is 9.05. The maximum absolute atomic E-state index is 13.3. The number of aromatic nitrogens is 3. The molecule has 166 valence electrons. The molecule has 32 heavy (non-hydrogen) atoms. The fraction of sp³-hybridized carbons (Fsp3) is 0.391. The van der Waals surface area contributed by atoms with E-state index in [0.717, 1.165) is 10.9 Å². The first kappa shape index (κ1) is 20.6. The van der Waals surface area contributed by atoms with Crippen LogP contribution in [0.5, 0.6) is 0 Å². The van der Waals surface area contributed by atoms with Crippen molar-refractivity contribution in [2.45, 2.75) is 12.6 Å². The molecule has 2 aliphatic rings. The molecule has 0 radical (unpaired) electrons. The van der Waals surface area contributed by atoms with E-state index in [1.54, 1.807) is 28.0 Å². The van der Waals surface area contributed by atoms with E-state index in [2.05, 4.69) is 5.10 Å². The number of fused-ring (bicyclic) bond motifs is 1. The minimum atomic E-state index is -0.397. The molecule has 9 heteroatoms. The van der Waals surface area contributed by atoms with Gasteiger partial charge in [0.15, 0.2) is 0 Å². The summed E-state index contributed by atoms with van der Waals surface area (Å²) in [7, 11) is 0. The van der Waals surface area contributed by atoms with Gasteiger partial charge >= 0.3 is 0 Å². The number of pyridine rings is 1. The van der Waals surface area contributed by atoms with Crippen molar-refractivity contribution in [3.63, 3.8) is 0 Å².